The van der Waals surface area contributed by atoms with Crippen LogP contribution >= 0.6 is 0 Å². The zero-order valence-electron chi connectivity index (χ0n) is 15.3. The average Bonchev–Trinajstić information content (AvgIpc) is 2.83. The van der Waals surface area contributed by atoms with Crippen LogP contribution < -0.4 is 0 Å². The topological polar surface area (TPSA) is 60.6 Å². The van der Waals surface area contributed by atoms with E-state index in [0.717, 1.165) is 17.0 Å². The van der Waals surface area contributed by atoms with Gasteiger partial charge >= 0.3 is 13.1 Å². The number of nitrogens with one attached hydrogen (secondary N) is 1. The van der Waals surface area contributed by atoms with Crippen molar-refractivity contribution in [3.8, 4) is 0 Å². The highest BCUT2D eigenvalue weighted by Crippen LogP contribution is 2.42. The van der Waals surface area contributed by atoms with E-state index < -0.39 is 18.3 Å². The Morgan fingerprint density at radius 2 is 1.83 bits per heavy atom. The Balaban J connectivity index is 2.31. The molecule has 1 aliphatic heterocycles. The number of ether oxygens (including phenoxy) is 1. The summed E-state index contributed by atoms with van der Waals surface area (Å²) >= 11 is 0. The first-order valence-corrected chi connectivity index (χ1v) is 8.24. The van der Waals surface area contributed by atoms with Crippen molar-refractivity contribution in [3.05, 3.63) is 23.0 Å². The normalized spacial score (nSPS) is 20.6. The molecule has 23 heavy (non-hydrogen) atoms. The van der Waals surface area contributed by atoms with E-state index in [9.17, 15) is 4.79 Å². The van der Waals surface area contributed by atoms with Gasteiger partial charge in [-0.25, -0.2) is 0 Å². The molecule has 2 heterocycles. The van der Waals surface area contributed by atoms with Crippen LogP contribution in [0.2, 0.25) is 0 Å². The molecule has 128 valence electrons. The molecule has 0 aliphatic carbocycles. The fourth-order valence-corrected chi connectivity index (χ4v) is 2.92. The van der Waals surface area contributed by atoms with Crippen molar-refractivity contribution in [1.29, 1.82) is 0 Å². The summed E-state index contributed by atoms with van der Waals surface area (Å²) in [5.74, 6) is -0.456. The first kappa shape index (κ1) is 18.1. The molecule has 1 aliphatic rings. The lowest BCUT2D eigenvalue weighted by Gasteiger charge is -2.32. The van der Waals surface area contributed by atoms with Crippen LogP contribution in [0.1, 0.15) is 63.8 Å². The number of rotatable bonds is 5. The minimum absolute atomic E-state index is 0.219. The number of aromatic nitrogens is 1. The smallest absolute Gasteiger partial charge is 0.466 e. The van der Waals surface area contributed by atoms with Crippen LogP contribution in [0.5, 0.6) is 0 Å². The van der Waals surface area contributed by atoms with Gasteiger partial charge in [-0.05, 0) is 60.1 Å². The van der Waals surface area contributed by atoms with Gasteiger partial charge in [-0.1, -0.05) is 0 Å². The van der Waals surface area contributed by atoms with Gasteiger partial charge in [-0.3, -0.25) is 4.79 Å². The highest BCUT2D eigenvalue weighted by molar-refractivity contribution is 6.48. The molecule has 0 saturated carbocycles. The van der Waals surface area contributed by atoms with Crippen molar-refractivity contribution < 1.29 is 18.8 Å². The Labute approximate surface area is 139 Å². The predicted octanol–water partition coefficient (Wildman–Crippen LogP) is 3.30. The van der Waals surface area contributed by atoms with Crippen molar-refractivity contribution >= 4 is 13.1 Å². The number of hydrogen-bond donors (Lipinski definition) is 1. The lowest BCUT2D eigenvalue weighted by atomic mass is 9.67. The molecule has 0 aromatic carbocycles. The van der Waals surface area contributed by atoms with E-state index in [-0.39, 0.29) is 18.2 Å². The molecule has 1 fully saturated rings. The van der Waals surface area contributed by atoms with Gasteiger partial charge < -0.3 is 19.0 Å². The highest BCUT2D eigenvalue weighted by Gasteiger charge is 2.54. The fraction of sp³-hybridized carbons (Fsp3) is 0.706. The number of hydrogen-bond acceptors (Lipinski definition) is 4. The van der Waals surface area contributed by atoms with E-state index in [1.807, 2.05) is 48.5 Å². The maximum atomic E-state index is 12.1. The van der Waals surface area contributed by atoms with Crippen molar-refractivity contribution in [1.82, 2.24) is 4.98 Å². The molecule has 0 bridgehead atoms. The summed E-state index contributed by atoms with van der Waals surface area (Å²) in [5, 5.41) is 0. The quantitative estimate of drug-likeness (QED) is 0.668. The Kier molecular flexibility index (Phi) is 4.97. The average molecular weight is 321 g/mol. The Morgan fingerprint density at radius 1 is 1.26 bits per heavy atom. The maximum absolute atomic E-state index is 12.1. The van der Waals surface area contributed by atoms with Gasteiger partial charge in [-0.15, -0.1) is 0 Å². The van der Waals surface area contributed by atoms with Gasteiger partial charge in [0, 0.05) is 17.2 Å². The third-order valence-electron chi connectivity index (χ3n) is 4.85. The van der Waals surface area contributed by atoms with Crippen LogP contribution in [0.4, 0.5) is 0 Å². The van der Waals surface area contributed by atoms with E-state index >= 15 is 0 Å². The summed E-state index contributed by atoms with van der Waals surface area (Å²) in [5.41, 5.74) is 2.28. The molecule has 2 rings (SSSR count). The van der Waals surface area contributed by atoms with Crippen molar-refractivity contribution in [2.75, 3.05) is 6.61 Å². The lowest BCUT2D eigenvalue weighted by Crippen LogP contribution is -2.41. The Bertz CT molecular complexity index is 563. The number of esters is 1. The predicted molar refractivity (Wildman–Crippen MR) is 90.3 cm³/mol. The third-order valence-corrected chi connectivity index (χ3v) is 4.85. The molecule has 1 aromatic heterocycles. The molecule has 0 spiro atoms. The SMILES string of the molecule is CCOC(=O)CC(B1OC(C)(C)C(C)(C)O1)c1[nH]c(C)cc1C. The second kappa shape index (κ2) is 6.32. The summed E-state index contributed by atoms with van der Waals surface area (Å²) in [6.07, 6.45) is 0.228. The molecule has 5 nitrogen and oxygen atoms in total. The van der Waals surface area contributed by atoms with Crippen LogP contribution in [0.15, 0.2) is 6.07 Å². The van der Waals surface area contributed by atoms with Crippen molar-refractivity contribution in [2.24, 2.45) is 0 Å². The zero-order valence-corrected chi connectivity index (χ0v) is 15.3. The Hall–Kier alpha value is -1.27. The monoisotopic (exact) mass is 321 g/mol. The van der Waals surface area contributed by atoms with Crippen LogP contribution in [0, 0.1) is 13.8 Å². The minimum Gasteiger partial charge on any atom is -0.466 e. The molecule has 0 radical (unpaired) electrons. The van der Waals surface area contributed by atoms with E-state index in [0.29, 0.717) is 6.61 Å². The molecule has 6 heteroatoms. The van der Waals surface area contributed by atoms with Crippen molar-refractivity contribution in [3.63, 3.8) is 0 Å². The van der Waals surface area contributed by atoms with E-state index in [1.54, 1.807) is 0 Å². The van der Waals surface area contributed by atoms with Gasteiger partial charge in [0.1, 0.15) is 0 Å². The minimum atomic E-state index is -0.485. The standard InChI is InChI=1S/C17H28BNO4/c1-8-21-14(20)10-13(15-11(2)9-12(3)19-15)18-22-16(4,5)17(6,7)23-18/h9,13,19H,8,10H2,1-7H3. The van der Waals surface area contributed by atoms with Crippen LogP contribution in [-0.4, -0.2) is 35.9 Å². The highest BCUT2D eigenvalue weighted by atomic mass is 16.7. The first-order valence-electron chi connectivity index (χ1n) is 8.24. The van der Waals surface area contributed by atoms with Crippen LogP contribution in [0.25, 0.3) is 0 Å². The zero-order chi connectivity index (χ0) is 17.4. The second-order valence-corrected chi connectivity index (χ2v) is 7.29. The molecule has 1 unspecified atom stereocenters. The number of aromatic amines is 1. The Morgan fingerprint density at radius 3 is 2.26 bits per heavy atom. The first-order chi connectivity index (χ1) is 10.6. The van der Waals surface area contributed by atoms with Crippen LogP contribution in [0.3, 0.4) is 0 Å². The maximum Gasteiger partial charge on any atom is 0.467 e. The van der Waals surface area contributed by atoms with Gasteiger partial charge in [0.2, 0.25) is 0 Å². The molecule has 1 atom stereocenters. The van der Waals surface area contributed by atoms with Gasteiger partial charge in [-0.2, -0.15) is 0 Å². The fourth-order valence-electron chi connectivity index (χ4n) is 2.92. The second-order valence-electron chi connectivity index (χ2n) is 7.29. The number of carbonyl (C=O) groups excluding carboxylic acids is 1. The summed E-state index contributed by atoms with van der Waals surface area (Å²) in [6, 6.07) is 2.07. The molecular formula is C17H28BNO4. The summed E-state index contributed by atoms with van der Waals surface area (Å²) in [7, 11) is -0.485. The van der Waals surface area contributed by atoms with E-state index in [1.165, 1.54) is 0 Å². The summed E-state index contributed by atoms with van der Waals surface area (Å²) < 4.78 is 17.5. The van der Waals surface area contributed by atoms with E-state index in [4.69, 9.17) is 14.0 Å². The van der Waals surface area contributed by atoms with Gasteiger partial charge in [0.15, 0.2) is 0 Å². The number of aryl methyl sites for hydroxylation is 2. The lowest BCUT2D eigenvalue weighted by molar-refractivity contribution is -0.143. The van der Waals surface area contributed by atoms with Crippen LogP contribution in [-0.2, 0) is 18.8 Å². The molecule has 0 amide bonds. The summed E-state index contributed by atoms with van der Waals surface area (Å²) in [6.45, 7) is 14.3. The summed E-state index contributed by atoms with van der Waals surface area (Å²) in [4.78, 5) is 15.4. The number of carbonyl (C=O) groups is 1. The number of H-pyrrole nitrogens is 1. The van der Waals surface area contributed by atoms with E-state index in [2.05, 4.69) is 11.1 Å². The van der Waals surface area contributed by atoms with Gasteiger partial charge in [0.05, 0.1) is 24.2 Å². The molecular weight excluding hydrogens is 293 g/mol. The largest absolute Gasteiger partial charge is 0.467 e. The molecule has 1 saturated heterocycles. The molecule has 1 aromatic rings. The third kappa shape index (κ3) is 3.64. The molecule has 1 N–H and O–H groups in total. The van der Waals surface area contributed by atoms with Crippen molar-refractivity contribution in [2.45, 2.75) is 71.9 Å². The van der Waals surface area contributed by atoms with Gasteiger partial charge in [0.25, 0.3) is 0 Å².